The summed E-state index contributed by atoms with van der Waals surface area (Å²) in [6.45, 7) is 2.52. The fourth-order valence-corrected chi connectivity index (χ4v) is 4.78. The Hall–Kier alpha value is -2.83. The van der Waals surface area contributed by atoms with Gasteiger partial charge in [0.15, 0.2) is 0 Å². The molecule has 0 aliphatic heterocycles. The number of nitrogens with zero attached hydrogens (tertiary/aromatic N) is 1. The Bertz CT molecular complexity index is 1080. The molecule has 0 heterocycles. The first-order valence-corrected chi connectivity index (χ1v) is 12.7. The van der Waals surface area contributed by atoms with E-state index >= 15 is 0 Å². The summed E-state index contributed by atoms with van der Waals surface area (Å²) in [5, 5.41) is 3.53. The highest BCUT2D eigenvalue weighted by Gasteiger charge is 2.30. The summed E-state index contributed by atoms with van der Waals surface area (Å²) < 4.78 is 13.5. The highest BCUT2D eigenvalue weighted by Crippen LogP contribution is 2.22. The second kappa shape index (κ2) is 13.2. The Balaban J connectivity index is 1.82. The molecule has 0 aromatic heterocycles. The zero-order chi connectivity index (χ0) is 24.3. The summed E-state index contributed by atoms with van der Waals surface area (Å²) in [4.78, 5) is 28.1. The number of benzene rings is 3. The monoisotopic (exact) mass is 498 g/mol. The van der Waals surface area contributed by atoms with Crippen molar-refractivity contribution in [1.29, 1.82) is 0 Å². The molecule has 0 aliphatic rings. The van der Waals surface area contributed by atoms with Crippen LogP contribution < -0.4 is 5.32 Å². The number of amides is 2. The molecule has 178 valence electrons. The Morgan fingerprint density at radius 3 is 2.32 bits per heavy atom. The van der Waals surface area contributed by atoms with Gasteiger partial charge in [-0.2, -0.15) is 0 Å². The molecular weight excluding hydrogens is 471 g/mol. The molecule has 2 amide bonds. The number of carbonyl (C=O) groups excluding carboxylic acids is 2. The van der Waals surface area contributed by atoms with Crippen molar-refractivity contribution in [2.45, 2.75) is 31.7 Å². The first-order chi connectivity index (χ1) is 16.5. The number of hydrogen-bond donors (Lipinski definition) is 1. The highest BCUT2D eigenvalue weighted by molar-refractivity contribution is 7.99. The van der Waals surface area contributed by atoms with Crippen LogP contribution >= 0.6 is 23.4 Å². The van der Waals surface area contributed by atoms with E-state index in [0.29, 0.717) is 23.7 Å². The molecule has 4 nitrogen and oxygen atoms in total. The average molecular weight is 499 g/mol. The first-order valence-electron chi connectivity index (χ1n) is 11.1. The third kappa shape index (κ3) is 7.61. The van der Waals surface area contributed by atoms with Crippen molar-refractivity contribution in [3.8, 4) is 0 Å². The van der Waals surface area contributed by atoms with Gasteiger partial charge in [0.1, 0.15) is 11.9 Å². The largest absolute Gasteiger partial charge is 0.355 e. The van der Waals surface area contributed by atoms with Gasteiger partial charge < -0.3 is 10.2 Å². The van der Waals surface area contributed by atoms with Crippen molar-refractivity contribution in [1.82, 2.24) is 10.2 Å². The maximum atomic E-state index is 13.5. The molecule has 0 bridgehead atoms. The molecule has 7 heteroatoms. The number of hydrogen-bond acceptors (Lipinski definition) is 3. The lowest BCUT2D eigenvalue weighted by molar-refractivity contribution is -0.139. The van der Waals surface area contributed by atoms with Crippen molar-refractivity contribution in [2.24, 2.45) is 0 Å². The molecule has 1 atom stereocenters. The molecule has 0 saturated heterocycles. The topological polar surface area (TPSA) is 49.4 Å². The molecule has 0 saturated carbocycles. The lowest BCUT2D eigenvalue weighted by Gasteiger charge is -2.31. The van der Waals surface area contributed by atoms with Crippen LogP contribution in [-0.4, -0.2) is 35.1 Å². The summed E-state index contributed by atoms with van der Waals surface area (Å²) in [6.07, 6.45) is 0.384. The van der Waals surface area contributed by atoms with Gasteiger partial charge in [0.2, 0.25) is 11.8 Å². The zero-order valence-corrected chi connectivity index (χ0v) is 20.6. The molecule has 0 aliphatic carbocycles. The van der Waals surface area contributed by atoms with E-state index in [9.17, 15) is 14.0 Å². The smallest absolute Gasteiger partial charge is 0.243 e. The number of likely N-dealkylation sites (N-methyl/N-ethyl adjacent to an activating group) is 1. The maximum absolute atomic E-state index is 13.5. The van der Waals surface area contributed by atoms with Crippen molar-refractivity contribution in [3.63, 3.8) is 0 Å². The highest BCUT2D eigenvalue weighted by atomic mass is 35.5. The fraction of sp³-hybridized carbons (Fsp3) is 0.259. The standard InChI is InChI=1S/C27H28ClFN2O2S/c1-2-30-27(33)25(16-20-8-4-3-5-9-20)31(17-21-12-14-23(29)15-13-21)26(32)19-34-18-22-10-6-7-11-24(22)28/h3-15,25H,2,16-19H2,1H3,(H,30,33)/t25-/m1/s1. The third-order valence-electron chi connectivity index (χ3n) is 5.33. The molecule has 34 heavy (non-hydrogen) atoms. The van der Waals surface area contributed by atoms with E-state index in [-0.39, 0.29) is 29.9 Å². The first kappa shape index (κ1) is 25.8. The second-order valence-corrected chi connectivity index (χ2v) is 9.23. The van der Waals surface area contributed by atoms with Crippen molar-refractivity contribution >= 4 is 35.2 Å². The summed E-state index contributed by atoms with van der Waals surface area (Å²) >= 11 is 7.70. The van der Waals surface area contributed by atoms with E-state index in [1.54, 1.807) is 17.0 Å². The predicted molar refractivity (Wildman–Crippen MR) is 137 cm³/mol. The van der Waals surface area contributed by atoms with Gasteiger partial charge in [-0.05, 0) is 41.8 Å². The average Bonchev–Trinajstić information content (AvgIpc) is 2.84. The second-order valence-electron chi connectivity index (χ2n) is 7.83. The molecule has 3 aromatic rings. The number of thioether (sulfide) groups is 1. The summed E-state index contributed by atoms with van der Waals surface area (Å²) in [6, 6.07) is 22.5. The van der Waals surface area contributed by atoms with Crippen LogP contribution in [0.1, 0.15) is 23.6 Å². The van der Waals surface area contributed by atoms with Crippen LogP contribution in [-0.2, 0) is 28.3 Å². The number of rotatable bonds is 11. The minimum Gasteiger partial charge on any atom is -0.355 e. The lowest BCUT2D eigenvalue weighted by Crippen LogP contribution is -2.51. The SMILES string of the molecule is CCNC(=O)[C@@H](Cc1ccccc1)N(Cc1ccc(F)cc1)C(=O)CSCc1ccccc1Cl. The van der Waals surface area contributed by atoms with Crippen molar-refractivity contribution in [2.75, 3.05) is 12.3 Å². The van der Waals surface area contributed by atoms with E-state index in [2.05, 4.69) is 5.32 Å². The normalized spacial score (nSPS) is 11.6. The third-order valence-corrected chi connectivity index (χ3v) is 6.66. The van der Waals surface area contributed by atoms with Crippen LogP contribution in [0.4, 0.5) is 4.39 Å². The molecule has 3 aromatic carbocycles. The molecular formula is C27H28ClFN2O2S. The Kier molecular flexibility index (Phi) is 9.98. The number of carbonyl (C=O) groups is 2. The van der Waals surface area contributed by atoms with Crippen LogP contribution in [0, 0.1) is 5.82 Å². The Morgan fingerprint density at radius 1 is 0.971 bits per heavy atom. The van der Waals surface area contributed by atoms with Gasteiger partial charge in [-0.3, -0.25) is 9.59 Å². The van der Waals surface area contributed by atoms with Crippen LogP contribution in [0.2, 0.25) is 5.02 Å². The van der Waals surface area contributed by atoms with E-state index in [4.69, 9.17) is 11.6 Å². The minimum atomic E-state index is -0.694. The summed E-state index contributed by atoms with van der Waals surface area (Å²) in [5.41, 5.74) is 2.67. The minimum absolute atomic E-state index is 0.159. The number of halogens is 2. The molecule has 0 radical (unpaired) electrons. The van der Waals surface area contributed by atoms with Crippen LogP contribution in [0.3, 0.4) is 0 Å². The summed E-state index contributed by atoms with van der Waals surface area (Å²) in [5.74, 6) is 0.0604. The van der Waals surface area contributed by atoms with Gasteiger partial charge in [-0.1, -0.05) is 72.3 Å². The van der Waals surface area contributed by atoms with Crippen molar-refractivity contribution < 1.29 is 14.0 Å². The van der Waals surface area contributed by atoms with E-state index in [1.165, 1.54) is 23.9 Å². The Morgan fingerprint density at radius 2 is 1.65 bits per heavy atom. The van der Waals surface area contributed by atoms with Crippen molar-refractivity contribution in [3.05, 3.63) is 106 Å². The van der Waals surface area contributed by atoms with Crippen LogP contribution in [0.5, 0.6) is 0 Å². The summed E-state index contributed by atoms with van der Waals surface area (Å²) in [7, 11) is 0. The zero-order valence-electron chi connectivity index (χ0n) is 19.0. The molecule has 1 N–H and O–H groups in total. The molecule has 0 fully saturated rings. The van der Waals surface area contributed by atoms with Gasteiger partial charge in [-0.15, -0.1) is 11.8 Å². The molecule has 0 spiro atoms. The van der Waals surface area contributed by atoms with Gasteiger partial charge >= 0.3 is 0 Å². The van der Waals surface area contributed by atoms with Gasteiger partial charge in [0.25, 0.3) is 0 Å². The van der Waals surface area contributed by atoms with Gasteiger partial charge in [-0.25, -0.2) is 4.39 Å². The molecule has 3 rings (SSSR count). The quantitative estimate of drug-likeness (QED) is 0.380. The van der Waals surface area contributed by atoms with E-state index < -0.39 is 6.04 Å². The fourth-order valence-electron chi connectivity index (χ4n) is 3.58. The van der Waals surface area contributed by atoms with Crippen LogP contribution in [0.25, 0.3) is 0 Å². The maximum Gasteiger partial charge on any atom is 0.243 e. The van der Waals surface area contributed by atoms with Crippen LogP contribution in [0.15, 0.2) is 78.9 Å². The van der Waals surface area contributed by atoms with Gasteiger partial charge in [0, 0.05) is 30.3 Å². The van der Waals surface area contributed by atoms with E-state index in [0.717, 1.165) is 16.7 Å². The van der Waals surface area contributed by atoms with E-state index in [1.807, 2.05) is 61.5 Å². The number of nitrogens with one attached hydrogen (secondary N) is 1. The molecule has 0 unspecified atom stereocenters. The van der Waals surface area contributed by atoms with Gasteiger partial charge in [0.05, 0.1) is 5.75 Å². The Labute approximate surface area is 209 Å². The predicted octanol–water partition coefficient (Wildman–Crippen LogP) is 5.49. The lowest BCUT2D eigenvalue weighted by atomic mass is 10.0.